The van der Waals surface area contributed by atoms with E-state index in [1.807, 2.05) is 0 Å². The smallest absolute Gasteiger partial charge is 0.339 e. The average molecular weight is 228 g/mol. The SMILES string of the molecule is COC(=O)c1ccc(C2(N)CC2(F)F)nc1. The van der Waals surface area contributed by atoms with Crippen molar-refractivity contribution in [2.45, 2.75) is 17.9 Å². The zero-order chi connectivity index (χ0) is 12.0. The van der Waals surface area contributed by atoms with Gasteiger partial charge in [-0.05, 0) is 12.1 Å². The Bertz CT molecular complexity index is 433. The monoisotopic (exact) mass is 228 g/mol. The molecule has 0 saturated heterocycles. The molecule has 1 fully saturated rings. The fourth-order valence-electron chi connectivity index (χ4n) is 1.48. The van der Waals surface area contributed by atoms with E-state index < -0.39 is 23.9 Å². The van der Waals surface area contributed by atoms with Gasteiger partial charge in [0, 0.05) is 12.6 Å². The van der Waals surface area contributed by atoms with Crippen LogP contribution in [-0.2, 0) is 10.3 Å². The molecule has 1 aliphatic rings. The molecule has 0 spiro atoms. The van der Waals surface area contributed by atoms with E-state index in [1.54, 1.807) is 0 Å². The van der Waals surface area contributed by atoms with Crippen LogP contribution in [-0.4, -0.2) is 24.0 Å². The number of pyridine rings is 1. The highest BCUT2D eigenvalue weighted by atomic mass is 19.3. The third kappa shape index (κ3) is 1.46. The standard InChI is InChI=1S/C10H10F2N2O2/c1-16-8(15)6-2-3-7(14-4-6)9(13)5-10(9,11)12/h2-4H,5,13H2,1H3. The molecule has 4 nitrogen and oxygen atoms in total. The zero-order valence-corrected chi connectivity index (χ0v) is 8.54. The first-order chi connectivity index (χ1) is 7.40. The molecule has 1 saturated carbocycles. The number of carbonyl (C=O) groups is 1. The van der Waals surface area contributed by atoms with Gasteiger partial charge in [0.1, 0.15) is 5.54 Å². The van der Waals surface area contributed by atoms with Gasteiger partial charge in [-0.3, -0.25) is 4.98 Å². The third-order valence-corrected chi connectivity index (χ3v) is 2.67. The summed E-state index contributed by atoms with van der Waals surface area (Å²) in [5, 5.41) is 0. The summed E-state index contributed by atoms with van der Waals surface area (Å²) in [5.74, 6) is -3.47. The van der Waals surface area contributed by atoms with Gasteiger partial charge >= 0.3 is 5.97 Å². The number of aromatic nitrogens is 1. The molecule has 1 atom stereocenters. The number of nitrogens with zero attached hydrogens (tertiary/aromatic N) is 1. The Hall–Kier alpha value is -1.56. The number of hydrogen-bond donors (Lipinski definition) is 1. The van der Waals surface area contributed by atoms with Crippen LogP contribution in [0.4, 0.5) is 8.78 Å². The van der Waals surface area contributed by atoms with Crippen LogP contribution in [0.25, 0.3) is 0 Å². The van der Waals surface area contributed by atoms with E-state index in [0.717, 1.165) is 0 Å². The van der Waals surface area contributed by atoms with Crippen molar-refractivity contribution >= 4 is 5.97 Å². The summed E-state index contributed by atoms with van der Waals surface area (Å²) in [6, 6.07) is 2.70. The molecule has 1 aromatic rings. The molecule has 86 valence electrons. The molecule has 0 radical (unpaired) electrons. The number of alkyl halides is 2. The van der Waals surface area contributed by atoms with E-state index in [-0.39, 0.29) is 11.3 Å². The van der Waals surface area contributed by atoms with Crippen molar-refractivity contribution in [1.29, 1.82) is 0 Å². The summed E-state index contributed by atoms with van der Waals surface area (Å²) in [6.45, 7) is 0. The summed E-state index contributed by atoms with van der Waals surface area (Å²) < 4.78 is 30.3. The van der Waals surface area contributed by atoms with Crippen LogP contribution in [0.1, 0.15) is 22.5 Å². The summed E-state index contributed by atoms with van der Waals surface area (Å²) in [7, 11) is 1.23. The van der Waals surface area contributed by atoms with E-state index in [4.69, 9.17) is 5.73 Å². The maximum Gasteiger partial charge on any atom is 0.339 e. The summed E-state index contributed by atoms with van der Waals surface area (Å²) in [6.07, 6.45) is 0.773. The number of rotatable bonds is 2. The molecule has 16 heavy (non-hydrogen) atoms. The number of halogens is 2. The predicted octanol–water partition coefficient (Wildman–Crippen LogP) is 1.06. The Kier molecular flexibility index (Phi) is 2.20. The molecular formula is C10H10F2N2O2. The number of methoxy groups -OCH3 is 1. The van der Waals surface area contributed by atoms with Gasteiger partial charge in [0.05, 0.1) is 18.4 Å². The van der Waals surface area contributed by atoms with Gasteiger partial charge in [-0.25, -0.2) is 13.6 Å². The van der Waals surface area contributed by atoms with E-state index in [2.05, 4.69) is 9.72 Å². The number of esters is 1. The topological polar surface area (TPSA) is 65.2 Å². The van der Waals surface area contributed by atoms with Crippen LogP contribution in [0.15, 0.2) is 18.3 Å². The van der Waals surface area contributed by atoms with Gasteiger partial charge in [-0.2, -0.15) is 0 Å². The van der Waals surface area contributed by atoms with Crippen LogP contribution in [0.2, 0.25) is 0 Å². The zero-order valence-electron chi connectivity index (χ0n) is 8.54. The van der Waals surface area contributed by atoms with Crippen molar-refractivity contribution in [3.63, 3.8) is 0 Å². The highest BCUT2D eigenvalue weighted by molar-refractivity contribution is 5.88. The Balaban J connectivity index is 2.25. The molecule has 0 bridgehead atoms. The molecule has 2 rings (SSSR count). The molecular weight excluding hydrogens is 218 g/mol. The molecule has 0 aromatic carbocycles. The Morgan fingerprint density at radius 3 is 2.56 bits per heavy atom. The second kappa shape index (κ2) is 3.21. The first-order valence-corrected chi connectivity index (χ1v) is 4.62. The maximum absolute atomic E-state index is 12.9. The lowest BCUT2D eigenvalue weighted by Crippen LogP contribution is -2.28. The second-order valence-electron chi connectivity index (χ2n) is 3.78. The average Bonchev–Trinajstić information content (AvgIpc) is 2.79. The van der Waals surface area contributed by atoms with Crippen molar-refractivity contribution < 1.29 is 18.3 Å². The van der Waals surface area contributed by atoms with E-state index in [0.29, 0.717) is 0 Å². The van der Waals surface area contributed by atoms with Crippen LogP contribution in [0, 0.1) is 0 Å². The number of carbonyl (C=O) groups excluding carboxylic acids is 1. The highest BCUT2D eigenvalue weighted by Crippen LogP contribution is 2.56. The van der Waals surface area contributed by atoms with Crippen molar-refractivity contribution in [2.24, 2.45) is 5.73 Å². The number of ether oxygens (including phenoxy) is 1. The lowest BCUT2D eigenvalue weighted by molar-refractivity contribution is 0.0600. The minimum absolute atomic E-state index is 0.0881. The van der Waals surface area contributed by atoms with Gasteiger partial charge < -0.3 is 10.5 Å². The second-order valence-corrected chi connectivity index (χ2v) is 3.78. The van der Waals surface area contributed by atoms with Gasteiger partial charge in [-0.15, -0.1) is 0 Å². The van der Waals surface area contributed by atoms with Crippen LogP contribution in [0.3, 0.4) is 0 Å². The van der Waals surface area contributed by atoms with Crippen molar-refractivity contribution in [3.8, 4) is 0 Å². The first kappa shape index (κ1) is 10.9. The molecule has 1 aliphatic carbocycles. The molecule has 2 N–H and O–H groups in total. The highest BCUT2D eigenvalue weighted by Gasteiger charge is 2.70. The minimum atomic E-state index is -2.91. The van der Waals surface area contributed by atoms with Gasteiger partial charge in [0.2, 0.25) is 0 Å². The summed E-state index contributed by atoms with van der Waals surface area (Å²) >= 11 is 0. The molecule has 1 unspecified atom stereocenters. The van der Waals surface area contributed by atoms with Crippen molar-refractivity contribution in [3.05, 3.63) is 29.6 Å². The maximum atomic E-state index is 12.9. The fourth-order valence-corrected chi connectivity index (χ4v) is 1.48. The van der Waals surface area contributed by atoms with Gasteiger partial charge in [0.25, 0.3) is 5.92 Å². The lowest BCUT2D eigenvalue weighted by atomic mass is 10.1. The molecule has 1 heterocycles. The van der Waals surface area contributed by atoms with Crippen LogP contribution in [0.5, 0.6) is 0 Å². The largest absolute Gasteiger partial charge is 0.465 e. The third-order valence-electron chi connectivity index (χ3n) is 2.67. The number of hydrogen-bond acceptors (Lipinski definition) is 4. The quantitative estimate of drug-likeness (QED) is 0.769. The minimum Gasteiger partial charge on any atom is -0.465 e. The van der Waals surface area contributed by atoms with Crippen molar-refractivity contribution in [1.82, 2.24) is 4.98 Å². The van der Waals surface area contributed by atoms with E-state index >= 15 is 0 Å². The van der Waals surface area contributed by atoms with Crippen LogP contribution >= 0.6 is 0 Å². The van der Waals surface area contributed by atoms with Gasteiger partial charge in [-0.1, -0.05) is 0 Å². The van der Waals surface area contributed by atoms with Crippen molar-refractivity contribution in [2.75, 3.05) is 7.11 Å². The van der Waals surface area contributed by atoms with E-state index in [9.17, 15) is 13.6 Å². The Morgan fingerprint density at radius 2 is 2.19 bits per heavy atom. The normalized spacial score (nSPS) is 26.2. The number of nitrogens with two attached hydrogens (primary N) is 1. The Morgan fingerprint density at radius 1 is 1.56 bits per heavy atom. The molecule has 1 aromatic heterocycles. The summed E-state index contributed by atoms with van der Waals surface area (Å²) in [4.78, 5) is 14.8. The van der Waals surface area contributed by atoms with E-state index in [1.165, 1.54) is 25.4 Å². The lowest BCUT2D eigenvalue weighted by Gasteiger charge is -2.09. The first-order valence-electron chi connectivity index (χ1n) is 4.62. The molecule has 0 aliphatic heterocycles. The van der Waals surface area contributed by atoms with Crippen LogP contribution < -0.4 is 5.73 Å². The Labute approximate surface area is 90.4 Å². The molecule has 6 heteroatoms. The fraction of sp³-hybridized carbons (Fsp3) is 0.400. The summed E-state index contributed by atoms with van der Waals surface area (Å²) in [5.41, 5.74) is 4.09. The predicted molar refractivity (Wildman–Crippen MR) is 51.0 cm³/mol. The van der Waals surface area contributed by atoms with Gasteiger partial charge in [0.15, 0.2) is 0 Å². The molecule has 0 amide bonds.